The molecule has 98 valence electrons. The van der Waals surface area contributed by atoms with Crippen LogP contribution in [0.4, 0.5) is 0 Å². The minimum Gasteiger partial charge on any atom is -0.324 e. The summed E-state index contributed by atoms with van der Waals surface area (Å²) >= 11 is 0. The lowest BCUT2D eigenvalue weighted by Gasteiger charge is -2.11. The van der Waals surface area contributed by atoms with Gasteiger partial charge in [0.15, 0.2) is 0 Å². The smallest absolute Gasteiger partial charge is 0.0624 e. The van der Waals surface area contributed by atoms with Crippen LogP contribution in [-0.2, 0) is 26.9 Å². The third-order valence-electron chi connectivity index (χ3n) is 3.49. The Kier molecular flexibility index (Phi) is 3.52. The predicted octanol–water partition coefficient (Wildman–Crippen LogP) is 1.27. The highest BCUT2D eigenvalue weighted by molar-refractivity contribution is 5.23. The molecular weight excluding hydrogens is 226 g/mol. The van der Waals surface area contributed by atoms with E-state index >= 15 is 0 Å². The maximum atomic E-state index is 6.27. The molecule has 5 heteroatoms. The van der Waals surface area contributed by atoms with Crippen LogP contribution >= 0.6 is 0 Å². The molecule has 0 spiro atoms. The molecule has 0 amide bonds. The van der Waals surface area contributed by atoms with Crippen molar-refractivity contribution in [3.8, 4) is 0 Å². The van der Waals surface area contributed by atoms with Crippen molar-refractivity contribution in [3.05, 3.63) is 34.9 Å². The topological polar surface area (TPSA) is 61.7 Å². The summed E-state index contributed by atoms with van der Waals surface area (Å²) < 4.78 is 3.78. The monoisotopic (exact) mass is 247 g/mol. The number of aromatic nitrogens is 4. The molecule has 1 atom stereocenters. The molecule has 0 saturated carbocycles. The third kappa shape index (κ3) is 2.31. The number of nitrogens with two attached hydrogens (primary N) is 1. The van der Waals surface area contributed by atoms with Crippen LogP contribution in [0.15, 0.2) is 12.3 Å². The van der Waals surface area contributed by atoms with Gasteiger partial charge in [-0.3, -0.25) is 9.36 Å². The van der Waals surface area contributed by atoms with Gasteiger partial charge in [0.25, 0.3) is 0 Å². The van der Waals surface area contributed by atoms with E-state index in [9.17, 15) is 0 Å². The molecule has 2 aromatic heterocycles. The van der Waals surface area contributed by atoms with Crippen LogP contribution in [0.2, 0.25) is 0 Å². The van der Waals surface area contributed by atoms with Crippen molar-refractivity contribution in [2.45, 2.75) is 32.7 Å². The minimum atomic E-state index is -0.0289. The molecular formula is C13H21N5. The lowest BCUT2D eigenvalue weighted by atomic mass is 10.0. The van der Waals surface area contributed by atoms with Gasteiger partial charge in [-0.2, -0.15) is 10.2 Å². The van der Waals surface area contributed by atoms with E-state index in [4.69, 9.17) is 5.73 Å². The van der Waals surface area contributed by atoms with E-state index < -0.39 is 0 Å². The van der Waals surface area contributed by atoms with Gasteiger partial charge in [-0.15, -0.1) is 0 Å². The zero-order chi connectivity index (χ0) is 13.3. The first-order chi connectivity index (χ1) is 8.52. The summed E-state index contributed by atoms with van der Waals surface area (Å²) in [5.74, 6) is 0. The van der Waals surface area contributed by atoms with Crippen molar-refractivity contribution in [2.24, 2.45) is 19.8 Å². The van der Waals surface area contributed by atoms with Crippen LogP contribution in [0.3, 0.4) is 0 Å². The third-order valence-corrected chi connectivity index (χ3v) is 3.49. The van der Waals surface area contributed by atoms with Crippen molar-refractivity contribution in [1.29, 1.82) is 0 Å². The second kappa shape index (κ2) is 4.94. The minimum absolute atomic E-state index is 0.0289. The summed E-state index contributed by atoms with van der Waals surface area (Å²) in [7, 11) is 3.90. The molecule has 2 heterocycles. The summed E-state index contributed by atoms with van der Waals surface area (Å²) in [6, 6.07) is 2.10. The summed E-state index contributed by atoms with van der Waals surface area (Å²) in [5.41, 5.74) is 10.8. The van der Waals surface area contributed by atoms with Crippen molar-refractivity contribution < 1.29 is 0 Å². The first-order valence-corrected chi connectivity index (χ1v) is 6.28. The first-order valence-electron chi connectivity index (χ1n) is 6.28. The van der Waals surface area contributed by atoms with Crippen LogP contribution in [-0.4, -0.2) is 19.6 Å². The molecule has 0 aliphatic rings. The van der Waals surface area contributed by atoms with Gasteiger partial charge >= 0.3 is 0 Å². The maximum Gasteiger partial charge on any atom is 0.0624 e. The number of aryl methyl sites for hydroxylation is 3. The number of hydrogen-bond acceptors (Lipinski definition) is 3. The molecule has 0 aliphatic carbocycles. The number of rotatable bonds is 4. The average Bonchev–Trinajstić information content (AvgIpc) is 2.85. The fourth-order valence-corrected chi connectivity index (χ4v) is 2.15. The summed E-state index contributed by atoms with van der Waals surface area (Å²) in [5, 5.41) is 8.68. The molecule has 2 N–H and O–H groups in total. The van der Waals surface area contributed by atoms with E-state index in [-0.39, 0.29) is 6.04 Å². The van der Waals surface area contributed by atoms with Crippen LogP contribution in [0.5, 0.6) is 0 Å². The SMILES string of the molecule is CCc1cc(CC(N)c2cnn(C)c2C)n(C)n1. The highest BCUT2D eigenvalue weighted by Crippen LogP contribution is 2.19. The highest BCUT2D eigenvalue weighted by atomic mass is 15.3. The normalized spacial score (nSPS) is 12.9. The average molecular weight is 247 g/mol. The quantitative estimate of drug-likeness (QED) is 0.885. The molecule has 0 saturated heterocycles. The van der Waals surface area contributed by atoms with Crippen LogP contribution in [0.25, 0.3) is 0 Å². The van der Waals surface area contributed by atoms with E-state index in [1.54, 1.807) is 0 Å². The maximum absolute atomic E-state index is 6.27. The van der Waals surface area contributed by atoms with Crippen LogP contribution in [0, 0.1) is 6.92 Å². The lowest BCUT2D eigenvalue weighted by molar-refractivity contribution is 0.634. The lowest BCUT2D eigenvalue weighted by Crippen LogP contribution is -2.16. The second-order valence-corrected chi connectivity index (χ2v) is 4.72. The molecule has 0 aliphatic heterocycles. The van der Waals surface area contributed by atoms with Crippen molar-refractivity contribution in [3.63, 3.8) is 0 Å². The number of hydrogen-bond donors (Lipinski definition) is 1. The zero-order valence-corrected chi connectivity index (χ0v) is 11.5. The summed E-state index contributed by atoms with van der Waals surface area (Å²) in [4.78, 5) is 0. The van der Waals surface area contributed by atoms with Gasteiger partial charge in [-0.1, -0.05) is 6.92 Å². The van der Waals surface area contributed by atoms with Gasteiger partial charge in [-0.05, 0) is 19.4 Å². The molecule has 1 unspecified atom stereocenters. The van der Waals surface area contributed by atoms with E-state index in [1.165, 1.54) is 5.69 Å². The Labute approximate surface area is 108 Å². The van der Waals surface area contributed by atoms with Gasteiger partial charge in [0.05, 0.1) is 11.9 Å². The van der Waals surface area contributed by atoms with Gasteiger partial charge in [0.1, 0.15) is 0 Å². The van der Waals surface area contributed by atoms with E-state index in [0.717, 1.165) is 29.8 Å². The molecule has 0 fully saturated rings. The Morgan fingerprint density at radius 2 is 2.06 bits per heavy atom. The molecule has 5 nitrogen and oxygen atoms in total. The van der Waals surface area contributed by atoms with E-state index in [0.29, 0.717) is 0 Å². The zero-order valence-electron chi connectivity index (χ0n) is 11.5. The van der Waals surface area contributed by atoms with Crippen LogP contribution in [0.1, 0.15) is 35.6 Å². The first kappa shape index (κ1) is 12.8. The van der Waals surface area contributed by atoms with Gasteiger partial charge in [0, 0.05) is 43.5 Å². The van der Waals surface area contributed by atoms with Gasteiger partial charge in [0.2, 0.25) is 0 Å². The molecule has 0 radical (unpaired) electrons. The predicted molar refractivity (Wildman–Crippen MR) is 71.2 cm³/mol. The van der Waals surface area contributed by atoms with Gasteiger partial charge in [-0.25, -0.2) is 0 Å². The Morgan fingerprint density at radius 3 is 2.56 bits per heavy atom. The van der Waals surface area contributed by atoms with Gasteiger partial charge < -0.3 is 5.73 Å². The van der Waals surface area contributed by atoms with E-state index in [2.05, 4.69) is 23.2 Å². The number of nitrogens with zero attached hydrogens (tertiary/aromatic N) is 4. The molecule has 2 aromatic rings. The van der Waals surface area contributed by atoms with Crippen LogP contribution < -0.4 is 5.73 Å². The van der Waals surface area contributed by atoms with Crippen molar-refractivity contribution >= 4 is 0 Å². The largest absolute Gasteiger partial charge is 0.324 e. The van der Waals surface area contributed by atoms with Crippen molar-refractivity contribution in [2.75, 3.05) is 0 Å². The molecule has 0 bridgehead atoms. The fraction of sp³-hybridized carbons (Fsp3) is 0.538. The molecule has 18 heavy (non-hydrogen) atoms. The Hall–Kier alpha value is -1.62. The fourth-order valence-electron chi connectivity index (χ4n) is 2.15. The Morgan fingerprint density at radius 1 is 1.33 bits per heavy atom. The molecule has 2 rings (SSSR count). The Bertz CT molecular complexity index is 538. The second-order valence-electron chi connectivity index (χ2n) is 4.72. The summed E-state index contributed by atoms with van der Waals surface area (Å²) in [6.45, 7) is 4.15. The molecule has 0 aromatic carbocycles. The standard InChI is InChI=1S/C13H21N5/c1-5-10-6-11(18(4)16-10)7-13(14)12-8-15-17(3)9(12)2/h6,8,13H,5,7,14H2,1-4H3. The summed E-state index contributed by atoms with van der Waals surface area (Å²) in [6.07, 6.45) is 3.60. The highest BCUT2D eigenvalue weighted by Gasteiger charge is 2.15. The van der Waals surface area contributed by atoms with E-state index in [1.807, 2.05) is 36.6 Å². The van der Waals surface area contributed by atoms with Crippen molar-refractivity contribution in [1.82, 2.24) is 19.6 Å². The Balaban J connectivity index is 2.18.